The third-order valence-electron chi connectivity index (χ3n) is 3.99. The summed E-state index contributed by atoms with van der Waals surface area (Å²) in [4.78, 5) is 16.3. The average Bonchev–Trinajstić information content (AvgIpc) is 2.97. The molecule has 0 aromatic carbocycles. The van der Waals surface area contributed by atoms with Crippen LogP contribution in [0.4, 0.5) is 0 Å². The van der Waals surface area contributed by atoms with Gasteiger partial charge < -0.3 is 15.6 Å². The molecule has 1 aliphatic carbocycles. The van der Waals surface area contributed by atoms with E-state index in [1.54, 1.807) is 6.20 Å². The fraction of sp³-hybridized carbons (Fsp3) is 0.714. The molecule has 1 heterocycles. The minimum absolute atomic E-state index is 0.0358. The summed E-state index contributed by atoms with van der Waals surface area (Å²) in [6, 6.07) is 0.477. The predicted octanol–water partition coefficient (Wildman–Crippen LogP) is 1.61. The molecular weight excluding hydrogens is 240 g/mol. The van der Waals surface area contributed by atoms with Gasteiger partial charge in [-0.05, 0) is 32.6 Å². The van der Waals surface area contributed by atoms with Crippen LogP contribution >= 0.6 is 0 Å². The topological polar surface area (TPSA) is 72.9 Å². The third-order valence-corrected chi connectivity index (χ3v) is 3.99. The van der Waals surface area contributed by atoms with E-state index in [1.807, 2.05) is 26.4 Å². The van der Waals surface area contributed by atoms with E-state index in [-0.39, 0.29) is 11.9 Å². The Morgan fingerprint density at radius 3 is 3.00 bits per heavy atom. The maximum absolute atomic E-state index is 12.3. The summed E-state index contributed by atoms with van der Waals surface area (Å²) in [6.07, 6.45) is 10.4. The Labute approximate surface area is 114 Å². The Hall–Kier alpha value is -1.36. The third kappa shape index (κ3) is 3.15. The van der Waals surface area contributed by atoms with Gasteiger partial charge in [0.05, 0.1) is 17.9 Å². The van der Waals surface area contributed by atoms with Crippen molar-refractivity contribution in [2.24, 2.45) is 5.73 Å². The molecule has 1 aliphatic rings. The zero-order chi connectivity index (χ0) is 13.9. The van der Waals surface area contributed by atoms with Crippen LogP contribution in [-0.2, 0) is 4.79 Å². The van der Waals surface area contributed by atoms with E-state index in [4.69, 9.17) is 5.73 Å². The van der Waals surface area contributed by atoms with Crippen LogP contribution in [0.1, 0.15) is 52.0 Å². The van der Waals surface area contributed by atoms with Crippen LogP contribution in [0.25, 0.3) is 0 Å². The summed E-state index contributed by atoms with van der Waals surface area (Å²) >= 11 is 0. The molecule has 1 aromatic heterocycles. The molecule has 2 rings (SSSR count). The number of imidazole rings is 1. The van der Waals surface area contributed by atoms with Gasteiger partial charge in [0.25, 0.3) is 0 Å². The molecule has 3 atom stereocenters. The van der Waals surface area contributed by atoms with E-state index in [0.29, 0.717) is 12.5 Å². The van der Waals surface area contributed by atoms with Gasteiger partial charge in [-0.3, -0.25) is 4.79 Å². The molecule has 5 heteroatoms. The van der Waals surface area contributed by atoms with Crippen LogP contribution in [-0.4, -0.2) is 27.0 Å². The fourth-order valence-corrected chi connectivity index (χ4v) is 2.90. The van der Waals surface area contributed by atoms with Gasteiger partial charge in [0, 0.05) is 18.4 Å². The first-order valence-electron chi connectivity index (χ1n) is 7.12. The normalized spacial score (nSPS) is 26.1. The van der Waals surface area contributed by atoms with Crippen molar-refractivity contribution in [2.45, 2.75) is 63.6 Å². The molecule has 3 N–H and O–H groups in total. The van der Waals surface area contributed by atoms with E-state index in [9.17, 15) is 4.79 Å². The Balaban J connectivity index is 2.00. The van der Waals surface area contributed by atoms with Crippen molar-refractivity contribution < 1.29 is 4.79 Å². The lowest BCUT2D eigenvalue weighted by molar-refractivity contribution is -0.127. The van der Waals surface area contributed by atoms with E-state index < -0.39 is 5.54 Å². The minimum atomic E-state index is -0.767. The van der Waals surface area contributed by atoms with Crippen LogP contribution in [0, 0.1) is 0 Å². The second-order valence-electron chi connectivity index (χ2n) is 5.76. The lowest BCUT2D eigenvalue weighted by Crippen LogP contribution is -2.54. The first kappa shape index (κ1) is 14.1. The first-order valence-corrected chi connectivity index (χ1v) is 7.12. The molecule has 1 saturated carbocycles. The van der Waals surface area contributed by atoms with Crippen LogP contribution in [0.3, 0.4) is 0 Å². The van der Waals surface area contributed by atoms with Gasteiger partial charge in [-0.25, -0.2) is 4.98 Å². The van der Waals surface area contributed by atoms with Crippen molar-refractivity contribution in [1.29, 1.82) is 0 Å². The van der Waals surface area contributed by atoms with E-state index in [0.717, 1.165) is 25.7 Å². The molecular formula is C14H24N4O. The number of carbonyl (C=O) groups is 1. The molecule has 1 amide bonds. The van der Waals surface area contributed by atoms with Crippen LogP contribution in [0.2, 0.25) is 0 Å². The number of hydrogen-bond donors (Lipinski definition) is 2. The molecule has 0 saturated heterocycles. The molecule has 0 aliphatic heterocycles. The monoisotopic (exact) mass is 264 g/mol. The number of rotatable bonds is 5. The summed E-state index contributed by atoms with van der Waals surface area (Å²) < 4.78 is 2.09. The van der Waals surface area contributed by atoms with Gasteiger partial charge in [-0.15, -0.1) is 0 Å². The van der Waals surface area contributed by atoms with Gasteiger partial charge in [-0.1, -0.05) is 13.3 Å². The molecule has 1 fully saturated rings. The molecule has 3 unspecified atom stereocenters. The van der Waals surface area contributed by atoms with Gasteiger partial charge in [-0.2, -0.15) is 0 Å². The lowest BCUT2D eigenvalue weighted by Gasteiger charge is -2.28. The van der Waals surface area contributed by atoms with Crippen molar-refractivity contribution in [3.63, 3.8) is 0 Å². The highest BCUT2D eigenvalue weighted by molar-refractivity contribution is 5.85. The van der Waals surface area contributed by atoms with Gasteiger partial charge in [0.2, 0.25) is 5.91 Å². The predicted molar refractivity (Wildman–Crippen MR) is 74.5 cm³/mol. The second-order valence-corrected chi connectivity index (χ2v) is 5.76. The minimum Gasteiger partial charge on any atom is -0.350 e. The van der Waals surface area contributed by atoms with Crippen LogP contribution in [0.5, 0.6) is 0 Å². The Bertz CT molecular complexity index is 413. The van der Waals surface area contributed by atoms with Crippen LogP contribution in [0.15, 0.2) is 18.7 Å². The van der Waals surface area contributed by atoms with E-state index >= 15 is 0 Å². The fourth-order valence-electron chi connectivity index (χ4n) is 2.90. The zero-order valence-electron chi connectivity index (χ0n) is 11.8. The number of hydrogen-bond acceptors (Lipinski definition) is 3. The summed E-state index contributed by atoms with van der Waals surface area (Å²) in [5, 5.41) is 3.13. The Morgan fingerprint density at radius 1 is 1.58 bits per heavy atom. The number of carbonyl (C=O) groups excluding carboxylic acids is 1. The quantitative estimate of drug-likeness (QED) is 0.848. The molecule has 0 bridgehead atoms. The average molecular weight is 264 g/mol. The highest BCUT2D eigenvalue weighted by Crippen LogP contribution is 2.30. The van der Waals surface area contributed by atoms with Crippen molar-refractivity contribution in [2.75, 3.05) is 0 Å². The number of nitrogens with zero attached hydrogens (tertiary/aromatic N) is 2. The van der Waals surface area contributed by atoms with Gasteiger partial charge in [0.15, 0.2) is 0 Å². The lowest BCUT2D eigenvalue weighted by atomic mass is 9.96. The summed E-state index contributed by atoms with van der Waals surface area (Å²) in [5.74, 6) is -0.0358. The largest absolute Gasteiger partial charge is 0.350 e. The van der Waals surface area contributed by atoms with Gasteiger partial charge in [0.1, 0.15) is 0 Å². The molecule has 106 valence electrons. The summed E-state index contributed by atoms with van der Waals surface area (Å²) in [6.45, 7) is 3.86. The number of nitrogens with two attached hydrogens (primary N) is 1. The summed E-state index contributed by atoms with van der Waals surface area (Å²) in [5.41, 5.74) is 5.31. The number of aromatic nitrogens is 2. The highest BCUT2D eigenvalue weighted by atomic mass is 16.2. The highest BCUT2D eigenvalue weighted by Gasteiger charge is 2.34. The van der Waals surface area contributed by atoms with Crippen molar-refractivity contribution >= 4 is 5.91 Å². The Morgan fingerprint density at radius 2 is 2.37 bits per heavy atom. The number of amides is 1. The second kappa shape index (κ2) is 5.74. The summed E-state index contributed by atoms with van der Waals surface area (Å²) in [7, 11) is 0. The molecule has 1 aromatic rings. The molecule has 5 nitrogen and oxygen atoms in total. The van der Waals surface area contributed by atoms with Crippen molar-refractivity contribution in [3.8, 4) is 0 Å². The Kier molecular flexibility index (Phi) is 4.24. The van der Waals surface area contributed by atoms with Gasteiger partial charge >= 0.3 is 0 Å². The standard InChI is InChI=1S/C14H24N4O/c1-3-7-14(2,15)13(19)17-11-5-4-6-12(11)18-9-8-16-10-18/h8-12H,3-7,15H2,1-2H3,(H,17,19). The van der Waals surface area contributed by atoms with Crippen molar-refractivity contribution in [1.82, 2.24) is 14.9 Å². The number of nitrogens with one attached hydrogen (secondary N) is 1. The maximum Gasteiger partial charge on any atom is 0.240 e. The molecule has 0 radical (unpaired) electrons. The SMILES string of the molecule is CCCC(C)(N)C(=O)NC1CCCC1n1ccnc1. The van der Waals surface area contributed by atoms with E-state index in [1.165, 1.54) is 0 Å². The smallest absolute Gasteiger partial charge is 0.240 e. The van der Waals surface area contributed by atoms with Crippen LogP contribution < -0.4 is 11.1 Å². The van der Waals surface area contributed by atoms with Crippen molar-refractivity contribution in [3.05, 3.63) is 18.7 Å². The molecule has 19 heavy (non-hydrogen) atoms. The zero-order valence-corrected chi connectivity index (χ0v) is 11.8. The molecule has 0 spiro atoms. The van der Waals surface area contributed by atoms with E-state index in [2.05, 4.69) is 14.9 Å². The maximum atomic E-state index is 12.3. The first-order chi connectivity index (χ1) is 9.04.